The lowest BCUT2D eigenvalue weighted by Crippen LogP contribution is -2.46. The second-order valence-electron chi connectivity index (χ2n) is 1.61. The Morgan fingerprint density at radius 2 is 1.92 bits per heavy atom. The number of hydrogen-bond donors (Lipinski definition) is 5. The summed E-state index contributed by atoms with van der Waals surface area (Å²) in [7, 11) is 0. The summed E-state index contributed by atoms with van der Waals surface area (Å²) in [6.45, 7) is -4.07. The summed E-state index contributed by atoms with van der Waals surface area (Å²) in [6.07, 6.45) is -19.8. The molecule has 0 spiro atoms. The number of aliphatic hydroxyl groups is 5. The van der Waals surface area contributed by atoms with E-state index in [4.69, 9.17) is 19.8 Å². The Balaban J connectivity index is 5.99. The fourth-order valence-electron chi connectivity index (χ4n) is 0.326. The summed E-state index contributed by atoms with van der Waals surface area (Å²) in [5.74, 6) is 0. The summed E-state index contributed by atoms with van der Waals surface area (Å²) in [5.41, 5.74) is 0. The predicted molar refractivity (Wildman–Crippen MR) is 37.2 cm³/mol. The van der Waals surface area contributed by atoms with E-state index in [9.17, 15) is 20.1 Å². The predicted octanol–water partition coefficient (Wildman–Crippen LogP) is -3.38. The molecular weight excluding hydrogens is 168 g/mol. The zero-order valence-electron chi connectivity index (χ0n) is 12.6. The van der Waals surface area contributed by atoms with E-state index in [2.05, 4.69) is 0 Å². The first kappa shape index (κ1) is 4.12. The average molecular weight is 187 g/mol. The van der Waals surface area contributed by atoms with Gasteiger partial charge in [-0.2, -0.15) is 0 Å². The first-order valence-corrected chi connectivity index (χ1v) is 2.57. The van der Waals surface area contributed by atoms with Crippen molar-refractivity contribution in [3.05, 3.63) is 0 Å². The van der Waals surface area contributed by atoms with E-state index in [0.717, 1.165) is 0 Å². The number of rotatable bonds is 5. The number of carbonyl (C=O) groups excluding carboxylic acids is 1. The van der Waals surface area contributed by atoms with Gasteiger partial charge in [-0.25, -0.2) is 0 Å². The van der Waals surface area contributed by atoms with Gasteiger partial charge in [0.2, 0.25) is 0 Å². The molecule has 0 aromatic heterocycles. The number of hydrogen-bond acceptors (Lipinski definition) is 6. The van der Waals surface area contributed by atoms with Crippen molar-refractivity contribution in [2.24, 2.45) is 0 Å². The Bertz CT molecular complexity index is 373. The fourth-order valence-corrected chi connectivity index (χ4v) is 0.326. The maximum atomic E-state index is 10.6. The second kappa shape index (κ2) is 5.18. The molecule has 0 bridgehead atoms. The number of carbonyl (C=O) groups is 1. The SMILES string of the molecule is [2H]C(=O)[C@@]([2H])(O)[C@@]([2H])(O)[C@]([2H])(O)[C@]([2H])(O)C([2H])([2H])O. The normalized spacial score (nSPS) is 41.2. The summed E-state index contributed by atoms with van der Waals surface area (Å²) >= 11 is 0. The van der Waals surface area contributed by atoms with Crippen LogP contribution in [-0.2, 0) is 4.79 Å². The van der Waals surface area contributed by atoms with Crippen LogP contribution in [0.1, 0.15) is 9.60 Å². The van der Waals surface area contributed by atoms with Gasteiger partial charge in [-0.1, -0.05) is 0 Å². The summed E-state index contributed by atoms with van der Waals surface area (Å²) < 4.78 is 47.4. The van der Waals surface area contributed by atoms with Crippen LogP contribution in [0.4, 0.5) is 0 Å². The van der Waals surface area contributed by atoms with E-state index < -0.39 is 37.1 Å². The zero-order chi connectivity index (χ0) is 16.1. The summed E-state index contributed by atoms with van der Waals surface area (Å²) in [4.78, 5) is 10.6. The monoisotopic (exact) mass is 187 g/mol. The molecule has 0 fully saturated rings. The third-order valence-corrected chi connectivity index (χ3v) is 0.875. The van der Waals surface area contributed by atoms with Gasteiger partial charge in [0, 0.05) is 0 Å². The van der Waals surface area contributed by atoms with Crippen LogP contribution in [0.15, 0.2) is 0 Å². The minimum atomic E-state index is -4.47. The molecule has 4 atom stereocenters. The van der Waals surface area contributed by atoms with Crippen LogP contribution in [0.5, 0.6) is 0 Å². The van der Waals surface area contributed by atoms with Gasteiger partial charge in [0.25, 0.3) is 0 Å². The van der Waals surface area contributed by atoms with Crippen molar-refractivity contribution in [1.29, 1.82) is 0 Å². The molecule has 72 valence electrons. The highest BCUT2D eigenvalue weighted by atomic mass is 16.4. The maximum absolute atomic E-state index is 10.6. The summed E-state index contributed by atoms with van der Waals surface area (Å²) in [6, 6.07) is 0. The van der Waals surface area contributed by atoms with E-state index in [1.165, 1.54) is 0 Å². The molecule has 0 saturated heterocycles. The molecule has 6 heteroatoms. The van der Waals surface area contributed by atoms with E-state index in [0.29, 0.717) is 0 Å². The molecular formula is C6H12O6. The molecule has 0 saturated carbocycles. The Kier molecular flexibility index (Phi) is 1.78. The van der Waals surface area contributed by atoms with Crippen LogP contribution in [0.25, 0.3) is 0 Å². The Morgan fingerprint density at radius 1 is 1.42 bits per heavy atom. The van der Waals surface area contributed by atoms with Gasteiger partial charge >= 0.3 is 0 Å². The lowest BCUT2D eigenvalue weighted by Gasteiger charge is -2.22. The lowest BCUT2D eigenvalue weighted by atomic mass is 10.0. The first-order valence-electron chi connectivity index (χ1n) is 6.07. The lowest BCUT2D eigenvalue weighted by molar-refractivity contribution is -0.136. The smallest absolute Gasteiger partial charge is 0.151 e. The van der Waals surface area contributed by atoms with Gasteiger partial charge < -0.3 is 30.3 Å². The van der Waals surface area contributed by atoms with Crippen molar-refractivity contribution in [2.45, 2.75) is 24.3 Å². The minimum Gasteiger partial charge on any atom is -0.394 e. The average Bonchev–Trinajstić information content (AvgIpc) is 2.14. The van der Waals surface area contributed by atoms with E-state index in [1.54, 1.807) is 0 Å². The third kappa shape index (κ3) is 2.84. The van der Waals surface area contributed by atoms with Crippen LogP contribution in [0.3, 0.4) is 0 Å². The highest BCUT2D eigenvalue weighted by Crippen LogP contribution is 2.02. The van der Waals surface area contributed by atoms with Crippen LogP contribution in [0.2, 0.25) is 0 Å². The molecule has 5 N–H and O–H groups in total. The van der Waals surface area contributed by atoms with Gasteiger partial charge in [0.1, 0.15) is 25.7 Å². The molecule has 0 rings (SSSR count). The van der Waals surface area contributed by atoms with Crippen LogP contribution in [-0.4, -0.2) is 62.7 Å². The molecule has 12 heavy (non-hydrogen) atoms. The number of aldehydes is 1. The molecule has 0 radical (unpaired) electrons. The van der Waals surface area contributed by atoms with Crippen molar-refractivity contribution in [3.8, 4) is 0 Å². The zero-order valence-corrected chi connectivity index (χ0v) is 5.64. The van der Waals surface area contributed by atoms with Gasteiger partial charge in [-0.3, -0.25) is 0 Å². The van der Waals surface area contributed by atoms with Crippen LogP contribution >= 0.6 is 0 Å². The van der Waals surface area contributed by atoms with Crippen molar-refractivity contribution in [3.63, 3.8) is 0 Å². The molecule has 0 amide bonds. The fraction of sp³-hybridized carbons (Fsp3) is 0.833. The molecule has 0 aliphatic heterocycles. The van der Waals surface area contributed by atoms with Gasteiger partial charge in [0.15, 0.2) is 6.26 Å². The van der Waals surface area contributed by atoms with E-state index in [-0.39, 0.29) is 0 Å². The third-order valence-electron chi connectivity index (χ3n) is 0.875. The first-order chi connectivity index (χ1) is 7.94. The standard InChI is InChI=1S/C6H12O6/c7-1-3(9)5(11)6(12)4(10)2-8/h1,3-6,8-12H,2H2/t3-,4-,5-,6-/m1/s1/i1D,2D2,3D,4D,5D,6D. The Hall–Kier alpha value is -0.530. The van der Waals surface area contributed by atoms with Crippen molar-refractivity contribution >= 4 is 6.26 Å². The van der Waals surface area contributed by atoms with Gasteiger partial charge in [0.05, 0.1) is 14.8 Å². The van der Waals surface area contributed by atoms with Crippen LogP contribution in [0, 0.1) is 0 Å². The topological polar surface area (TPSA) is 118 Å². The highest BCUT2D eigenvalue weighted by Gasteiger charge is 2.29. The minimum absolute atomic E-state index is 2.37. The Labute approximate surface area is 78.5 Å². The molecule has 6 nitrogen and oxygen atoms in total. The van der Waals surface area contributed by atoms with Gasteiger partial charge in [-0.05, 0) is 0 Å². The van der Waals surface area contributed by atoms with E-state index in [1.807, 2.05) is 0 Å². The molecule has 0 aromatic carbocycles. The molecule has 0 heterocycles. The summed E-state index contributed by atoms with van der Waals surface area (Å²) in [5, 5.41) is 45.8. The molecule has 0 unspecified atom stereocenters. The largest absolute Gasteiger partial charge is 0.394 e. The van der Waals surface area contributed by atoms with E-state index >= 15 is 0 Å². The molecule has 0 aromatic rings. The molecule has 0 aliphatic rings. The Morgan fingerprint density at radius 3 is 2.25 bits per heavy atom. The molecule has 0 aliphatic carbocycles. The van der Waals surface area contributed by atoms with Crippen molar-refractivity contribution in [2.75, 3.05) is 6.56 Å². The second-order valence-corrected chi connectivity index (χ2v) is 1.61. The van der Waals surface area contributed by atoms with Crippen LogP contribution < -0.4 is 0 Å². The van der Waals surface area contributed by atoms with Gasteiger partial charge in [-0.15, -0.1) is 0 Å². The highest BCUT2D eigenvalue weighted by molar-refractivity contribution is 5.56. The van der Waals surface area contributed by atoms with Crippen molar-refractivity contribution < 1.29 is 39.9 Å². The quantitative estimate of drug-likeness (QED) is 0.287. The maximum Gasteiger partial charge on any atom is 0.151 e. The van der Waals surface area contributed by atoms with Crippen molar-refractivity contribution in [1.82, 2.24) is 0 Å².